The Morgan fingerprint density at radius 3 is 2.54 bits per heavy atom. The van der Waals surface area contributed by atoms with Crippen molar-refractivity contribution in [2.45, 2.75) is 25.5 Å². The normalized spacial score (nSPS) is 23.4. The van der Waals surface area contributed by atoms with Crippen molar-refractivity contribution in [2.75, 3.05) is 31.2 Å². The Labute approximate surface area is 204 Å². The molecule has 35 heavy (non-hydrogen) atoms. The molecule has 2 aromatic rings. The topological polar surface area (TPSA) is 128 Å². The summed E-state index contributed by atoms with van der Waals surface area (Å²) in [7, 11) is -3.05. The van der Waals surface area contributed by atoms with Crippen molar-refractivity contribution in [3.63, 3.8) is 0 Å². The van der Waals surface area contributed by atoms with Crippen molar-refractivity contribution in [1.82, 2.24) is 5.01 Å². The number of nitrogens with two attached hydrogens (primary N) is 1. The van der Waals surface area contributed by atoms with Crippen molar-refractivity contribution >= 4 is 27.8 Å². The number of sulfone groups is 1. The zero-order valence-electron chi connectivity index (χ0n) is 19.5. The number of hydrogen-bond donors (Lipinski definition) is 1. The lowest BCUT2D eigenvalue weighted by molar-refractivity contribution is -0.145. The van der Waals surface area contributed by atoms with Gasteiger partial charge in [-0.3, -0.25) is 20.3 Å². The summed E-state index contributed by atoms with van der Waals surface area (Å²) in [5, 5.41) is 6.23. The standard InChI is InChI=1S/C25H29N3O6S/c1-2-33-23(29)15-20-21(16-27-28-10-12-35(31,32)13-11-28)19-14-18(8-9-22(19)34-25(20)26)24(30)17-6-4-3-5-7-17/h3-9,14,16,20-21,25H,2,10-13,15,26H2,1H3. The van der Waals surface area contributed by atoms with E-state index in [0.29, 0.717) is 22.4 Å². The fraction of sp³-hybridized carbons (Fsp3) is 0.400. The highest BCUT2D eigenvalue weighted by Gasteiger charge is 2.38. The number of hydrogen-bond acceptors (Lipinski definition) is 9. The molecule has 2 heterocycles. The van der Waals surface area contributed by atoms with Crippen LogP contribution >= 0.6 is 0 Å². The molecule has 186 valence electrons. The van der Waals surface area contributed by atoms with Gasteiger partial charge in [-0.05, 0) is 25.1 Å². The van der Waals surface area contributed by atoms with E-state index in [1.807, 2.05) is 6.07 Å². The molecule has 0 amide bonds. The molecule has 9 nitrogen and oxygen atoms in total. The fourth-order valence-electron chi connectivity index (χ4n) is 4.31. The second-order valence-corrected chi connectivity index (χ2v) is 10.9. The summed E-state index contributed by atoms with van der Waals surface area (Å²) in [5.74, 6) is -0.881. The van der Waals surface area contributed by atoms with Crippen LogP contribution in [0, 0.1) is 5.92 Å². The molecule has 3 unspecified atom stereocenters. The highest BCUT2D eigenvalue weighted by atomic mass is 32.2. The largest absolute Gasteiger partial charge is 0.475 e. The molecular weight excluding hydrogens is 470 g/mol. The lowest BCUT2D eigenvalue weighted by Crippen LogP contribution is -2.44. The molecule has 0 aromatic heterocycles. The molecule has 0 aliphatic carbocycles. The predicted molar refractivity (Wildman–Crippen MR) is 131 cm³/mol. The molecule has 0 saturated carbocycles. The van der Waals surface area contributed by atoms with Crippen molar-refractivity contribution in [1.29, 1.82) is 0 Å². The SMILES string of the molecule is CCOC(=O)CC1C(N)Oc2ccc(C(=O)c3ccccc3)cc2C1C=NN1CCS(=O)(=O)CC1. The van der Waals surface area contributed by atoms with Gasteiger partial charge in [-0.25, -0.2) is 8.42 Å². The Bertz CT molecular complexity index is 1200. The highest BCUT2D eigenvalue weighted by molar-refractivity contribution is 7.91. The summed E-state index contributed by atoms with van der Waals surface area (Å²) in [6.07, 6.45) is 0.900. The molecule has 0 spiro atoms. The number of carbonyl (C=O) groups excluding carboxylic acids is 2. The van der Waals surface area contributed by atoms with Crippen LogP contribution in [-0.4, -0.2) is 68.8 Å². The van der Waals surface area contributed by atoms with Gasteiger partial charge in [-0.1, -0.05) is 30.3 Å². The maximum absolute atomic E-state index is 13.1. The summed E-state index contributed by atoms with van der Waals surface area (Å²) >= 11 is 0. The first kappa shape index (κ1) is 24.9. The Morgan fingerprint density at radius 2 is 1.86 bits per heavy atom. The third-order valence-electron chi connectivity index (χ3n) is 6.23. The van der Waals surface area contributed by atoms with Crippen molar-refractivity contribution < 1.29 is 27.5 Å². The van der Waals surface area contributed by atoms with Crippen LogP contribution in [0.3, 0.4) is 0 Å². The molecule has 3 atom stereocenters. The molecule has 0 bridgehead atoms. The van der Waals surface area contributed by atoms with E-state index in [2.05, 4.69) is 5.10 Å². The third kappa shape index (κ3) is 5.88. The van der Waals surface area contributed by atoms with E-state index in [4.69, 9.17) is 15.2 Å². The molecule has 2 aliphatic heterocycles. The second kappa shape index (κ2) is 10.6. The number of nitrogens with zero attached hydrogens (tertiary/aromatic N) is 2. The molecule has 2 N–H and O–H groups in total. The molecule has 2 aromatic carbocycles. The summed E-state index contributed by atoms with van der Waals surface area (Å²) in [6, 6.07) is 14.1. The van der Waals surface area contributed by atoms with E-state index in [0.717, 1.165) is 0 Å². The lowest BCUT2D eigenvalue weighted by Gasteiger charge is -2.36. The molecule has 4 rings (SSSR count). The minimum atomic E-state index is -3.05. The van der Waals surface area contributed by atoms with E-state index < -0.39 is 33.9 Å². The zero-order chi connectivity index (χ0) is 25.0. The summed E-state index contributed by atoms with van der Waals surface area (Å²) in [6.45, 7) is 2.55. The first-order valence-corrected chi connectivity index (χ1v) is 13.4. The fourth-order valence-corrected chi connectivity index (χ4v) is 5.50. The number of ether oxygens (including phenoxy) is 2. The van der Waals surface area contributed by atoms with E-state index in [9.17, 15) is 18.0 Å². The molecule has 10 heteroatoms. The maximum atomic E-state index is 13.1. The van der Waals surface area contributed by atoms with Crippen LogP contribution in [0.15, 0.2) is 53.6 Å². The average Bonchev–Trinajstić information content (AvgIpc) is 2.84. The molecule has 2 aliphatic rings. The van der Waals surface area contributed by atoms with E-state index in [1.165, 1.54) is 0 Å². The number of carbonyl (C=O) groups is 2. The number of hydrazone groups is 1. The second-order valence-electron chi connectivity index (χ2n) is 8.60. The van der Waals surface area contributed by atoms with E-state index >= 15 is 0 Å². The van der Waals surface area contributed by atoms with Gasteiger partial charge < -0.3 is 9.47 Å². The molecule has 1 fully saturated rings. The van der Waals surface area contributed by atoms with Gasteiger partial charge in [0.1, 0.15) is 5.75 Å². The Hall–Kier alpha value is -3.24. The average molecular weight is 500 g/mol. The zero-order valence-corrected chi connectivity index (χ0v) is 20.3. The van der Waals surface area contributed by atoms with Gasteiger partial charge in [0, 0.05) is 34.7 Å². The highest BCUT2D eigenvalue weighted by Crippen LogP contribution is 2.40. The van der Waals surface area contributed by atoms with Crippen LogP contribution in [0.1, 0.15) is 40.7 Å². The minimum Gasteiger partial charge on any atom is -0.475 e. The Kier molecular flexibility index (Phi) is 7.51. The lowest BCUT2D eigenvalue weighted by atomic mass is 9.80. The van der Waals surface area contributed by atoms with Crippen LogP contribution in [0.5, 0.6) is 5.75 Å². The predicted octanol–water partition coefficient (Wildman–Crippen LogP) is 1.96. The first-order valence-electron chi connectivity index (χ1n) is 11.6. The number of ketones is 1. The number of esters is 1. The monoisotopic (exact) mass is 499 g/mol. The molecular formula is C25H29N3O6S. The van der Waals surface area contributed by atoms with Gasteiger partial charge in [0.05, 0.1) is 37.6 Å². The van der Waals surface area contributed by atoms with Gasteiger partial charge in [0.15, 0.2) is 21.8 Å². The number of benzene rings is 2. The summed E-state index contributed by atoms with van der Waals surface area (Å²) in [4.78, 5) is 25.4. The van der Waals surface area contributed by atoms with Gasteiger partial charge in [0.25, 0.3) is 0 Å². The van der Waals surface area contributed by atoms with Gasteiger partial charge in [-0.15, -0.1) is 0 Å². The van der Waals surface area contributed by atoms with Crippen molar-refractivity contribution in [3.05, 3.63) is 65.2 Å². The first-order chi connectivity index (χ1) is 16.8. The van der Waals surface area contributed by atoms with Gasteiger partial charge in [-0.2, -0.15) is 5.10 Å². The van der Waals surface area contributed by atoms with Gasteiger partial charge >= 0.3 is 5.97 Å². The van der Waals surface area contributed by atoms with Crippen LogP contribution in [-0.2, 0) is 19.4 Å². The van der Waals surface area contributed by atoms with Crippen LogP contribution in [0.2, 0.25) is 0 Å². The third-order valence-corrected chi connectivity index (χ3v) is 7.84. The Morgan fingerprint density at radius 1 is 1.14 bits per heavy atom. The van der Waals surface area contributed by atoms with Crippen molar-refractivity contribution in [3.8, 4) is 5.75 Å². The maximum Gasteiger partial charge on any atom is 0.306 e. The minimum absolute atomic E-state index is 0.0103. The van der Waals surface area contributed by atoms with Crippen LogP contribution < -0.4 is 10.5 Å². The smallest absolute Gasteiger partial charge is 0.306 e. The molecule has 0 radical (unpaired) electrons. The number of rotatable bonds is 7. The van der Waals surface area contributed by atoms with Crippen LogP contribution in [0.4, 0.5) is 0 Å². The van der Waals surface area contributed by atoms with Gasteiger partial charge in [0.2, 0.25) is 0 Å². The van der Waals surface area contributed by atoms with Crippen LogP contribution in [0.25, 0.3) is 0 Å². The number of fused-ring (bicyclic) bond motifs is 1. The van der Waals surface area contributed by atoms with E-state index in [-0.39, 0.29) is 43.4 Å². The quantitative estimate of drug-likeness (QED) is 0.348. The Balaban J connectivity index is 1.68. The molecule has 1 saturated heterocycles. The summed E-state index contributed by atoms with van der Waals surface area (Å²) < 4.78 is 34.6. The van der Waals surface area contributed by atoms with Crippen molar-refractivity contribution in [2.24, 2.45) is 16.8 Å². The summed E-state index contributed by atoms with van der Waals surface area (Å²) in [5.41, 5.74) is 8.04. The van der Waals surface area contributed by atoms with E-state index in [1.54, 1.807) is 60.6 Å².